The molecule has 1 aliphatic rings. The summed E-state index contributed by atoms with van der Waals surface area (Å²) in [4.78, 5) is 31.7. The van der Waals surface area contributed by atoms with E-state index in [0.717, 1.165) is 43.7 Å². The third-order valence-electron chi connectivity index (χ3n) is 4.60. The molecule has 0 N–H and O–H groups in total. The van der Waals surface area contributed by atoms with Crippen LogP contribution >= 0.6 is 0 Å². The van der Waals surface area contributed by atoms with Crippen LogP contribution in [-0.2, 0) is 17.8 Å². The minimum absolute atomic E-state index is 0.00348. The van der Waals surface area contributed by atoms with Gasteiger partial charge in [0.05, 0.1) is 5.69 Å². The average molecular weight is 343 g/mol. The lowest BCUT2D eigenvalue weighted by Crippen LogP contribution is -2.40. The van der Waals surface area contributed by atoms with E-state index in [2.05, 4.69) is 10.1 Å². The smallest absolute Gasteiger partial charge is 0.255 e. The molecule has 3 heterocycles. The zero-order valence-corrected chi connectivity index (χ0v) is 15.2. The molecule has 0 radical (unpaired) electrons. The Morgan fingerprint density at radius 1 is 1.16 bits per heavy atom. The maximum Gasteiger partial charge on any atom is 0.255 e. The highest BCUT2D eigenvalue weighted by Gasteiger charge is 2.20. The quantitative estimate of drug-likeness (QED) is 0.846. The number of aryl methyl sites for hydroxylation is 3. The maximum atomic E-state index is 12.7. The summed E-state index contributed by atoms with van der Waals surface area (Å²) in [6.45, 7) is 7.31. The Morgan fingerprint density at radius 2 is 1.88 bits per heavy atom. The van der Waals surface area contributed by atoms with Crippen molar-refractivity contribution in [3.63, 3.8) is 0 Å². The second kappa shape index (κ2) is 7.21. The van der Waals surface area contributed by atoms with E-state index < -0.39 is 0 Å². The second-order valence-corrected chi connectivity index (χ2v) is 6.61. The van der Waals surface area contributed by atoms with Crippen LogP contribution < -0.4 is 5.56 Å². The maximum absolute atomic E-state index is 12.7. The molecule has 0 bridgehead atoms. The lowest BCUT2D eigenvalue weighted by molar-refractivity contribution is -0.132. The molecular formula is C18H25N5O2. The largest absolute Gasteiger partial charge is 0.341 e. The number of likely N-dealkylation sites (tertiary alicyclic amines) is 1. The van der Waals surface area contributed by atoms with Crippen LogP contribution in [-0.4, -0.2) is 43.2 Å². The summed E-state index contributed by atoms with van der Waals surface area (Å²) < 4.78 is 3.09. The van der Waals surface area contributed by atoms with Gasteiger partial charge in [-0.25, -0.2) is 9.67 Å². The number of nitrogens with zero attached hydrogens (tertiary/aromatic N) is 5. The molecule has 2 aromatic rings. The molecule has 0 saturated carbocycles. The number of carbonyl (C=O) groups is 1. The minimum Gasteiger partial charge on any atom is -0.341 e. The molecule has 1 amide bonds. The van der Waals surface area contributed by atoms with Crippen molar-refractivity contribution in [3.05, 3.63) is 39.6 Å². The fraction of sp³-hybridized carbons (Fsp3) is 0.556. The van der Waals surface area contributed by atoms with Crippen molar-refractivity contribution in [2.24, 2.45) is 0 Å². The Kier molecular flexibility index (Phi) is 5.01. The van der Waals surface area contributed by atoms with Gasteiger partial charge in [0, 0.05) is 30.5 Å². The normalized spacial score (nSPS) is 14.8. The summed E-state index contributed by atoms with van der Waals surface area (Å²) in [5, 5.41) is 4.45. The summed E-state index contributed by atoms with van der Waals surface area (Å²) in [5.74, 6) is 0.385. The predicted molar refractivity (Wildman–Crippen MR) is 94.9 cm³/mol. The summed E-state index contributed by atoms with van der Waals surface area (Å²) in [6, 6.07) is 3.44. The summed E-state index contributed by atoms with van der Waals surface area (Å²) in [6.07, 6.45) is 3.87. The Labute approximate surface area is 147 Å². The van der Waals surface area contributed by atoms with Gasteiger partial charge in [-0.3, -0.25) is 14.2 Å². The highest BCUT2D eigenvalue weighted by Crippen LogP contribution is 2.12. The van der Waals surface area contributed by atoms with E-state index in [4.69, 9.17) is 0 Å². The van der Waals surface area contributed by atoms with Crippen molar-refractivity contribution in [2.45, 2.75) is 53.0 Å². The van der Waals surface area contributed by atoms with Gasteiger partial charge in [-0.15, -0.1) is 0 Å². The molecule has 7 heteroatoms. The Hall–Kier alpha value is -2.44. The van der Waals surface area contributed by atoms with E-state index in [-0.39, 0.29) is 18.0 Å². The van der Waals surface area contributed by atoms with Crippen LogP contribution in [0.4, 0.5) is 0 Å². The predicted octanol–water partition coefficient (Wildman–Crippen LogP) is 1.62. The molecule has 1 saturated heterocycles. The third-order valence-corrected chi connectivity index (χ3v) is 4.60. The van der Waals surface area contributed by atoms with E-state index in [1.54, 1.807) is 4.68 Å². The van der Waals surface area contributed by atoms with Crippen LogP contribution in [0.3, 0.4) is 0 Å². The first-order valence-corrected chi connectivity index (χ1v) is 8.91. The zero-order valence-electron chi connectivity index (χ0n) is 15.2. The first-order valence-electron chi connectivity index (χ1n) is 8.91. The number of rotatable bonds is 4. The van der Waals surface area contributed by atoms with Crippen molar-refractivity contribution < 1.29 is 4.79 Å². The molecule has 2 aromatic heterocycles. The fourth-order valence-electron chi connectivity index (χ4n) is 3.24. The van der Waals surface area contributed by atoms with Gasteiger partial charge >= 0.3 is 0 Å². The highest BCUT2D eigenvalue weighted by atomic mass is 16.2. The Morgan fingerprint density at radius 3 is 2.48 bits per heavy atom. The standard InChI is InChI=1S/C18H25N5O2/c1-4-15-11-16(24)22(12-17(25)21-8-6-5-7-9-21)18(19-15)23-14(3)10-13(2)20-23/h10-11H,4-9,12H2,1-3H3. The molecule has 0 spiro atoms. The van der Waals surface area contributed by atoms with Crippen molar-refractivity contribution in [2.75, 3.05) is 13.1 Å². The van der Waals surface area contributed by atoms with Gasteiger partial charge in [0.25, 0.3) is 5.56 Å². The third kappa shape index (κ3) is 3.65. The monoisotopic (exact) mass is 343 g/mol. The Bertz CT molecular complexity index is 830. The molecule has 0 aliphatic carbocycles. The van der Waals surface area contributed by atoms with Crippen LogP contribution in [0.15, 0.2) is 16.9 Å². The fourth-order valence-corrected chi connectivity index (χ4v) is 3.24. The van der Waals surface area contributed by atoms with E-state index in [0.29, 0.717) is 18.1 Å². The number of hydrogen-bond donors (Lipinski definition) is 0. The lowest BCUT2D eigenvalue weighted by Gasteiger charge is -2.27. The molecule has 25 heavy (non-hydrogen) atoms. The number of piperidine rings is 1. The summed E-state index contributed by atoms with van der Waals surface area (Å²) in [5.41, 5.74) is 2.23. The summed E-state index contributed by atoms with van der Waals surface area (Å²) >= 11 is 0. The number of carbonyl (C=O) groups excluding carboxylic acids is 1. The number of amides is 1. The zero-order chi connectivity index (χ0) is 18.0. The lowest BCUT2D eigenvalue weighted by atomic mass is 10.1. The van der Waals surface area contributed by atoms with Crippen molar-refractivity contribution in [3.8, 4) is 5.95 Å². The molecular weight excluding hydrogens is 318 g/mol. The van der Waals surface area contributed by atoms with Crippen molar-refractivity contribution in [1.29, 1.82) is 0 Å². The molecule has 7 nitrogen and oxygen atoms in total. The molecule has 1 aliphatic heterocycles. The van der Waals surface area contributed by atoms with Crippen LogP contribution in [0.5, 0.6) is 0 Å². The van der Waals surface area contributed by atoms with Crippen molar-refractivity contribution in [1.82, 2.24) is 24.2 Å². The van der Waals surface area contributed by atoms with Crippen LogP contribution in [0, 0.1) is 13.8 Å². The van der Waals surface area contributed by atoms with E-state index in [1.165, 1.54) is 10.6 Å². The second-order valence-electron chi connectivity index (χ2n) is 6.61. The molecule has 3 rings (SSSR count). The van der Waals surface area contributed by atoms with E-state index >= 15 is 0 Å². The van der Waals surface area contributed by atoms with E-state index in [9.17, 15) is 9.59 Å². The molecule has 0 aromatic carbocycles. The SMILES string of the molecule is CCc1cc(=O)n(CC(=O)N2CCCCC2)c(-n2nc(C)cc2C)n1. The van der Waals surface area contributed by atoms with Gasteiger partial charge in [-0.2, -0.15) is 5.10 Å². The first kappa shape index (κ1) is 17.4. The van der Waals surface area contributed by atoms with Gasteiger partial charge < -0.3 is 4.90 Å². The Balaban J connectivity index is 2.01. The molecule has 0 unspecified atom stereocenters. The molecule has 134 valence electrons. The summed E-state index contributed by atoms with van der Waals surface area (Å²) in [7, 11) is 0. The van der Waals surface area contributed by atoms with Crippen molar-refractivity contribution >= 4 is 5.91 Å². The van der Waals surface area contributed by atoms with Gasteiger partial charge in [0.2, 0.25) is 11.9 Å². The van der Waals surface area contributed by atoms with Gasteiger partial charge in [-0.1, -0.05) is 6.92 Å². The van der Waals surface area contributed by atoms with Crippen LogP contribution in [0.1, 0.15) is 43.3 Å². The molecule has 0 atom stereocenters. The number of aromatic nitrogens is 4. The topological polar surface area (TPSA) is 73.0 Å². The first-order chi connectivity index (χ1) is 12.0. The van der Waals surface area contributed by atoms with Crippen LogP contribution in [0.25, 0.3) is 5.95 Å². The van der Waals surface area contributed by atoms with E-state index in [1.807, 2.05) is 31.7 Å². The molecule has 1 fully saturated rings. The number of hydrogen-bond acceptors (Lipinski definition) is 4. The minimum atomic E-state index is -0.209. The van der Waals surface area contributed by atoms with Crippen LogP contribution in [0.2, 0.25) is 0 Å². The van der Waals surface area contributed by atoms with Gasteiger partial charge in [0.1, 0.15) is 6.54 Å². The average Bonchev–Trinajstić information content (AvgIpc) is 2.95. The van der Waals surface area contributed by atoms with Gasteiger partial charge in [0.15, 0.2) is 0 Å². The highest BCUT2D eigenvalue weighted by molar-refractivity contribution is 5.76. The van der Waals surface area contributed by atoms with Gasteiger partial charge in [-0.05, 0) is 45.6 Å².